The molecule has 0 radical (unpaired) electrons. The lowest BCUT2D eigenvalue weighted by atomic mass is 9.86. The van der Waals surface area contributed by atoms with Crippen LogP contribution in [0.3, 0.4) is 0 Å². The van der Waals surface area contributed by atoms with Gasteiger partial charge in [0.2, 0.25) is 0 Å². The highest BCUT2D eigenvalue weighted by Gasteiger charge is 2.37. The Bertz CT molecular complexity index is 286. The number of carbonyl (C=O) groups is 1. The van der Waals surface area contributed by atoms with E-state index in [1.807, 2.05) is 20.8 Å². The Labute approximate surface area is 103 Å². The topological polar surface area (TPSA) is 50.4 Å². The fourth-order valence-electron chi connectivity index (χ4n) is 3.04. The molecule has 1 aliphatic heterocycles. The van der Waals surface area contributed by atoms with E-state index in [9.17, 15) is 4.79 Å². The molecule has 2 aliphatic rings. The highest BCUT2D eigenvalue weighted by atomic mass is 16.6. The highest BCUT2D eigenvalue weighted by molar-refractivity contribution is 5.68. The van der Waals surface area contributed by atoms with Gasteiger partial charge in [-0.1, -0.05) is 6.42 Å². The first kappa shape index (κ1) is 12.7. The molecule has 98 valence electrons. The second-order valence-corrected chi connectivity index (χ2v) is 6.27. The molecule has 2 fully saturated rings. The van der Waals surface area contributed by atoms with Crippen LogP contribution < -0.4 is 10.6 Å². The number of fused-ring (bicyclic) bond motifs is 1. The number of hydrogen-bond donors (Lipinski definition) is 2. The number of piperidine rings is 1. The van der Waals surface area contributed by atoms with Crippen molar-refractivity contribution >= 4 is 6.09 Å². The lowest BCUT2D eigenvalue weighted by Crippen LogP contribution is -2.54. The maximum absolute atomic E-state index is 11.8. The van der Waals surface area contributed by atoms with E-state index < -0.39 is 5.60 Å². The van der Waals surface area contributed by atoms with Crippen molar-refractivity contribution in [3.63, 3.8) is 0 Å². The Morgan fingerprint density at radius 2 is 2.06 bits per heavy atom. The second-order valence-electron chi connectivity index (χ2n) is 6.27. The van der Waals surface area contributed by atoms with Crippen LogP contribution in [0, 0.1) is 11.8 Å². The highest BCUT2D eigenvalue weighted by Crippen LogP contribution is 2.35. The van der Waals surface area contributed by atoms with Gasteiger partial charge in [0, 0.05) is 12.6 Å². The molecule has 1 amide bonds. The quantitative estimate of drug-likeness (QED) is 0.736. The van der Waals surface area contributed by atoms with Crippen LogP contribution in [0.2, 0.25) is 0 Å². The van der Waals surface area contributed by atoms with Gasteiger partial charge >= 0.3 is 6.09 Å². The molecule has 4 heteroatoms. The third-order valence-corrected chi connectivity index (χ3v) is 3.71. The maximum atomic E-state index is 11.8. The van der Waals surface area contributed by atoms with Gasteiger partial charge < -0.3 is 15.4 Å². The summed E-state index contributed by atoms with van der Waals surface area (Å²) in [4.78, 5) is 11.8. The van der Waals surface area contributed by atoms with Crippen LogP contribution in [0.4, 0.5) is 4.79 Å². The van der Waals surface area contributed by atoms with Gasteiger partial charge in [0.1, 0.15) is 5.60 Å². The maximum Gasteiger partial charge on any atom is 0.407 e. The van der Waals surface area contributed by atoms with E-state index >= 15 is 0 Å². The summed E-state index contributed by atoms with van der Waals surface area (Å²) >= 11 is 0. The van der Waals surface area contributed by atoms with Gasteiger partial charge in [-0.2, -0.15) is 0 Å². The van der Waals surface area contributed by atoms with E-state index in [1.54, 1.807) is 0 Å². The number of hydrogen-bond acceptors (Lipinski definition) is 3. The predicted molar refractivity (Wildman–Crippen MR) is 66.9 cm³/mol. The van der Waals surface area contributed by atoms with Gasteiger partial charge in [-0.15, -0.1) is 0 Å². The van der Waals surface area contributed by atoms with Gasteiger partial charge in [-0.3, -0.25) is 0 Å². The van der Waals surface area contributed by atoms with Crippen LogP contribution >= 0.6 is 0 Å². The molecule has 1 saturated heterocycles. The molecule has 0 aromatic heterocycles. The Balaban J connectivity index is 1.87. The molecule has 3 atom stereocenters. The summed E-state index contributed by atoms with van der Waals surface area (Å²) in [6, 6.07) is 0.242. The lowest BCUT2D eigenvalue weighted by Gasteiger charge is -2.35. The summed E-state index contributed by atoms with van der Waals surface area (Å²) in [5.74, 6) is 1.38. The zero-order valence-corrected chi connectivity index (χ0v) is 11.1. The van der Waals surface area contributed by atoms with Crippen LogP contribution in [0.15, 0.2) is 0 Å². The summed E-state index contributed by atoms with van der Waals surface area (Å²) in [6.07, 6.45) is 3.55. The molecule has 1 heterocycles. The van der Waals surface area contributed by atoms with Crippen molar-refractivity contribution in [3.05, 3.63) is 0 Å². The number of ether oxygens (including phenoxy) is 1. The monoisotopic (exact) mass is 240 g/mol. The first-order valence-electron chi connectivity index (χ1n) is 6.66. The molecule has 0 aromatic rings. The molecule has 0 aromatic carbocycles. The summed E-state index contributed by atoms with van der Waals surface area (Å²) in [5.41, 5.74) is -0.415. The summed E-state index contributed by atoms with van der Waals surface area (Å²) < 4.78 is 5.31. The van der Waals surface area contributed by atoms with Crippen molar-refractivity contribution < 1.29 is 9.53 Å². The molecule has 17 heavy (non-hydrogen) atoms. The van der Waals surface area contributed by atoms with Crippen molar-refractivity contribution in [1.29, 1.82) is 0 Å². The number of nitrogens with one attached hydrogen (secondary N) is 2. The van der Waals surface area contributed by atoms with Gasteiger partial charge in [0.25, 0.3) is 0 Å². The first-order chi connectivity index (χ1) is 7.96. The average molecular weight is 240 g/mol. The fourth-order valence-corrected chi connectivity index (χ4v) is 3.04. The number of carbonyl (C=O) groups excluding carboxylic acids is 1. The van der Waals surface area contributed by atoms with Crippen molar-refractivity contribution in [2.75, 3.05) is 13.1 Å². The normalized spacial score (nSPS) is 33.0. The average Bonchev–Trinajstić information content (AvgIpc) is 2.63. The largest absolute Gasteiger partial charge is 0.444 e. The summed E-state index contributed by atoms with van der Waals surface area (Å²) in [7, 11) is 0. The van der Waals surface area contributed by atoms with E-state index in [1.165, 1.54) is 19.3 Å². The molecular formula is C13H24N2O2. The van der Waals surface area contributed by atoms with E-state index in [0.717, 1.165) is 19.0 Å². The minimum atomic E-state index is -0.415. The van der Waals surface area contributed by atoms with Gasteiger partial charge in [-0.05, 0) is 52.0 Å². The third-order valence-electron chi connectivity index (χ3n) is 3.71. The van der Waals surface area contributed by atoms with Crippen molar-refractivity contribution in [2.24, 2.45) is 11.8 Å². The Kier molecular flexibility index (Phi) is 3.61. The standard InChI is InChI=1S/C13H24N2O2/c1-13(2,3)17-12(16)15-11-8-14-7-9-5-4-6-10(9)11/h9-11,14H,4-8H2,1-3H3,(H,15,16)/t9-,10-,11-/m1/s1. The minimum Gasteiger partial charge on any atom is -0.444 e. The molecule has 0 bridgehead atoms. The van der Waals surface area contributed by atoms with Gasteiger partial charge in [0.05, 0.1) is 0 Å². The third kappa shape index (κ3) is 3.35. The molecule has 0 unspecified atom stereocenters. The van der Waals surface area contributed by atoms with Gasteiger partial charge in [0.15, 0.2) is 0 Å². The lowest BCUT2D eigenvalue weighted by molar-refractivity contribution is 0.0464. The van der Waals surface area contributed by atoms with Crippen LogP contribution in [-0.4, -0.2) is 30.8 Å². The molecule has 1 saturated carbocycles. The molecule has 0 spiro atoms. The fraction of sp³-hybridized carbons (Fsp3) is 0.923. The zero-order valence-electron chi connectivity index (χ0n) is 11.1. The molecule has 2 rings (SSSR count). The summed E-state index contributed by atoms with van der Waals surface area (Å²) in [5, 5.41) is 6.43. The minimum absolute atomic E-state index is 0.242. The summed E-state index contributed by atoms with van der Waals surface area (Å²) in [6.45, 7) is 7.66. The van der Waals surface area contributed by atoms with Gasteiger partial charge in [-0.25, -0.2) is 4.79 Å². The van der Waals surface area contributed by atoms with Crippen molar-refractivity contribution in [2.45, 2.75) is 51.7 Å². The molecule has 2 N–H and O–H groups in total. The van der Waals surface area contributed by atoms with Crippen molar-refractivity contribution in [3.8, 4) is 0 Å². The van der Waals surface area contributed by atoms with Crippen molar-refractivity contribution in [1.82, 2.24) is 10.6 Å². The predicted octanol–water partition coefficient (Wildman–Crippen LogP) is 1.90. The molecule has 4 nitrogen and oxygen atoms in total. The number of amides is 1. The van der Waals surface area contributed by atoms with E-state index in [0.29, 0.717) is 5.92 Å². The van der Waals surface area contributed by atoms with E-state index in [-0.39, 0.29) is 12.1 Å². The van der Waals surface area contributed by atoms with Crippen LogP contribution in [0.25, 0.3) is 0 Å². The SMILES string of the molecule is CC(C)(C)OC(=O)N[C@@H]1CNC[C@H]2CCC[C@H]21. The van der Waals surface area contributed by atoms with E-state index in [2.05, 4.69) is 10.6 Å². The number of alkyl carbamates (subject to hydrolysis) is 1. The van der Waals surface area contributed by atoms with Crippen LogP contribution in [0.5, 0.6) is 0 Å². The zero-order chi connectivity index (χ0) is 12.5. The first-order valence-corrected chi connectivity index (χ1v) is 6.66. The number of rotatable bonds is 1. The van der Waals surface area contributed by atoms with Crippen LogP contribution in [-0.2, 0) is 4.74 Å². The Morgan fingerprint density at radius 1 is 1.29 bits per heavy atom. The molecule has 1 aliphatic carbocycles. The van der Waals surface area contributed by atoms with E-state index in [4.69, 9.17) is 4.74 Å². The Morgan fingerprint density at radius 3 is 2.76 bits per heavy atom. The second kappa shape index (κ2) is 4.84. The smallest absolute Gasteiger partial charge is 0.407 e. The Hall–Kier alpha value is -0.770. The molecular weight excluding hydrogens is 216 g/mol. The van der Waals surface area contributed by atoms with Crippen LogP contribution in [0.1, 0.15) is 40.0 Å².